The van der Waals surface area contributed by atoms with E-state index in [9.17, 15) is 0 Å². The van der Waals surface area contributed by atoms with Gasteiger partial charge in [-0.15, -0.1) is 0 Å². The molecule has 0 fully saturated rings. The van der Waals surface area contributed by atoms with Gasteiger partial charge in [0, 0.05) is 29.1 Å². The number of hydrogen-bond acceptors (Lipinski definition) is 3. The van der Waals surface area contributed by atoms with Crippen molar-refractivity contribution in [3.8, 4) is 11.4 Å². The zero-order valence-corrected chi connectivity index (χ0v) is 12.8. The summed E-state index contributed by atoms with van der Waals surface area (Å²) in [6, 6.07) is 8.51. The number of aromatic nitrogens is 2. The van der Waals surface area contributed by atoms with Gasteiger partial charge in [0.15, 0.2) is 5.82 Å². The topological polar surface area (TPSA) is 37.8 Å². The van der Waals surface area contributed by atoms with Crippen molar-refractivity contribution in [2.24, 2.45) is 0 Å². The number of hydrogen-bond donors (Lipinski definition) is 1. The lowest BCUT2D eigenvalue weighted by molar-refractivity contribution is 0.711. The Bertz CT molecular complexity index is 550. The molecule has 0 aliphatic carbocycles. The third kappa shape index (κ3) is 3.23. The molecular weight excluding hydrogens is 246 g/mol. The van der Waals surface area contributed by atoms with E-state index in [-0.39, 0.29) is 0 Å². The smallest absolute Gasteiger partial charge is 0.159 e. The summed E-state index contributed by atoms with van der Waals surface area (Å²) in [5.41, 5.74) is 5.76. The fourth-order valence-electron chi connectivity index (χ4n) is 2.26. The van der Waals surface area contributed by atoms with Gasteiger partial charge in [-0.3, -0.25) is 0 Å². The molecule has 3 heteroatoms. The van der Waals surface area contributed by atoms with E-state index in [1.54, 1.807) is 0 Å². The maximum Gasteiger partial charge on any atom is 0.159 e. The molecule has 0 spiro atoms. The quantitative estimate of drug-likeness (QED) is 0.903. The van der Waals surface area contributed by atoms with E-state index < -0.39 is 0 Å². The van der Waals surface area contributed by atoms with Crippen molar-refractivity contribution in [2.45, 2.75) is 40.7 Å². The molecule has 106 valence electrons. The molecule has 0 saturated heterocycles. The van der Waals surface area contributed by atoms with Crippen LogP contribution < -0.4 is 5.32 Å². The second-order valence-electron chi connectivity index (χ2n) is 5.03. The number of nitrogens with one attached hydrogen (secondary N) is 1. The van der Waals surface area contributed by atoms with E-state index >= 15 is 0 Å². The van der Waals surface area contributed by atoms with E-state index in [2.05, 4.69) is 67.2 Å². The zero-order chi connectivity index (χ0) is 14.5. The Balaban J connectivity index is 2.33. The highest BCUT2D eigenvalue weighted by molar-refractivity contribution is 5.56. The van der Waals surface area contributed by atoms with Crippen LogP contribution >= 0.6 is 0 Å². The highest BCUT2D eigenvalue weighted by atomic mass is 14.9. The summed E-state index contributed by atoms with van der Waals surface area (Å²) in [6.45, 7) is 10.2. The first-order valence-electron chi connectivity index (χ1n) is 7.29. The Morgan fingerprint density at radius 3 is 2.05 bits per heavy atom. The van der Waals surface area contributed by atoms with E-state index in [1.165, 1.54) is 11.1 Å². The lowest BCUT2D eigenvalue weighted by Gasteiger charge is -2.11. The Kier molecular flexibility index (Phi) is 4.85. The first-order valence-corrected chi connectivity index (χ1v) is 7.29. The van der Waals surface area contributed by atoms with Gasteiger partial charge in [0.2, 0.25) is 0 Å². The largest absolute Gasteiger partial charge is 0.313 e. The van der Waals surface area contributed by atoms with Crippen LogP contribution in [0.4, 0.5) is 0 Å². The van der Waals surface area contributed by atoms with Crippen LogP contribution in [0, 0.1) is 13.8 Å². The summed E-state index contributed by atoms with van der Waals surface area (Å²) in [4.78, 5) is 9.32. The maximum absolute atomic E-state index is 4.66. The normalized spacial score (nSPS) is 10.8. The van der Waals surface area contributed by atoms with Gasteiger partial charge in [-0.05, 0) is 32.4 Å². The second-order valence-corrected chi connectivity index (χ2v) is 5.03. The predicted octanol–water partition coefficient (Wildman–Crippen LogP) is 3.43. The molecule has 1 aromatic heterocycles. The van der Waals surface area contributed by atoms with Gasteiger partial charge in [-0.25, -0.2) is 9.97 Å². The van der Waals surface area contributed by atoms with Gasteiger partial charge in [-0.2, -0.15) is 0 Å². The molecule has 0 aliphatic heterocycles. The molecule has 20 heavy (non-hydrogen) atoms. The van der Waals surface area contributed by atoms with Crippen LogP contribution in [0.5, 0.6) is 0 Å². The molecule has 1 aromatic carbocycles. The van der Waals surface area contributed by atoms with Crippen molar-refractivity contribution in [1.29, 1.82) is 0 Å². The van der Waals surface area contributed by atoms with Gasteiger partial charge >= 0.3 is 0 Å². The monoisotopic (exact) mass is 269 g/mol. The number of aryl methyl sites for hydroxylation is 3. The van der Waals surface area contributed by atoms with Gasteiger partial charge in [0.05, 0.1) is 0 Å². The average molecular weight is 269 g/mol. The third-order valence-corrected chi connectivity index (χ3v) is 3.59. The molecule has 1 N–H and O–H groups in total. The Morgan fingerprint density at radius 1 is 0.950 bits per heavy atom. The molecule has 1 heterocycles. The SMILES string of the molecule is CCNCc1c(C)nc(-c2ccc(CC)cc2)nc1C. The molecule has 0 unspecified atom stereocenters. The first-order chi connectivity index (χ1) is 9.65. The highest BCUT2D eigenvalue weighted by Crippen LogP contribution is 2.19. The Hall–Kier alpha value is -1.74. The molecule has 0 atom stereocenters. The Morgan fingerprint density at radius 2 is 1.55 bits per heavy atom. The van der Waals surface area contributed by atoms with Crippen molar-refractivity contribution in [3.05, 3.63) is 46.8 Å². The second kappa shape index (κ2) is 6.62. The predicted molar refractivity (Wildman–Crippen MR) is 83.7 cm³/mol. The standard InChI is InChI=1S/C17H23N3/c1-5-14-7-9-15(10-8-14)17-19-12(3)16(11-18-6-2)13(4)20-17/h7-10,18H,5-6,11H2,1-4H3. The molecule has 0 aliphatic rings. The molecule has 0 amide bonds. The Labute approximate surface area is 121 Å². The van der Waals surface area contributed by atoms with Gasteiger partial charge < -0.3 is 5.32 Å². The summed E-state index contributed by atoms with van der Waals surface area (Å²) < 4.78 is 0. The van der Waals surface area contributed by atoms with Crippen molar-refractivity contribution in [1.82, 2.24) is 15.3 Å². The van der Waals surface area contributed by atoms with Crippen molar-refractivity contribution < 1.29 is 0 Å². The molecule has 2 rings (SSSR count). The summed E-state index contributed by atoms with van der Waals surface area (Å²) in [5, 5.41) is 3.34. The number of benzene rings is 1. The minimum Gasteiger partial charge on any atom is -0.313 e. The van der Waals surface area contributed by atoms with Crippen molar-refractivity contribution in [3.63, 3.8) is 0 Å². The van der Waals surface area contributed by atoms with Crippen LogP contribution in [-0.2, 0) is 13.0 Å². The van der Waals surface area contributed by atoms with E-state index in [1.807, 2.05) is 0 Å². The van der Waals surface area contributed by atoms with Crippen LogP contribution in [0.25, 0.3) is 11.4 Å². The molecule has 3 nitrogen and oxygen atoms in total. The maximum atomic E-state index is 4.66. The van der Waals surface area contributed by atoms with E-state index in [0.717, 1.165) is 42.3 Å². The fraction of sp³-hybridized carbons (Fsp3) is 0.412. The van der Waals surface area contributed by atoms with E-state index in [0.29, 0.717) is 0 Å². The molecule has 0 bridgehead atoms. The summed E-state index contributed by atoms with van der Waals surface area (Å²) in [6.07, 6.45) is 1.06. The zero-order valence-electron chi connectivity index (χ0n) is 12.8. The summed E-state index contributed by atoms with van der Waals surface area (Å²) in [7, 11) is 0. The average Bonchev–Trinajstić information content (AvgIpc) is 2.46. The third-order valence-electron chi connectivity index (χ3n) is 3.59. The lowest BCUT2D eigenvalue weighted by Crippen LogP contribution is -2.15. The number of nitrogens with zero attached hydrogens (tertiary/aromatic N) is 2. The van der Waals surface area contributed by atoms with E-state index in [4.69, 9.17) is 0 Å². The van der Waals surface area contributed by atoms with Crippen LogP contribution in [0.15, 0.2) is 24.3 Å². The van der Waals surface area contributed by atoms with Crippen LogP contribution in [0.1, 0.15) is 36.4 Å². The molecule has 2 aromatic rings. The van der Waals surface area contributed by atoms with Crippen LogP contribution in [0.3, 0.4) is 0 Å². The van der Waals surface area contributed by atoms with Crippen molar-refractivity contribution >= 4 is 0 Å². The highest BCUT2D eigenvalue weighted by Gasteiger charge is 2.09. The van der Waals surface area contributed by atoms with Gasteiger partial charge in [0.1, 0.15) is 0 Å². The van der Waals surface area contributed by atoms with Gasteiger partial charge in [-0.1, -0.05) is 38.1 Å². The minimum atomic E-state index is 0.822. The van der Waals surface area contributed by atoms with Gasteiger partial charge in [0.25, 0.3) is 0 Å². The fourth-order valence-corrected chi connectivity index (χ4v) is 2.26. The summed E-state index contributed by atoms with van der Waals surface area (Å²) >= 11 is 0. The van der Waals surface area contributed by atoms with Crippen LogP contribution in [0.2, 0.25) is 0 Å². The van der Waals surface area contributed by atoms with Crippen molar-refractivity contribution in [2.75, 3.05) is 6.54 Å². The summed E-state index contributed by atoms with van der Waals surface area (Å²) in [5.74, 6) is 0.822. The minimum absolute atomic E-state index is 0.822. The molecule has 0 saturated carbocycles. The molecule has 0 radical (unpaired) electrons. The lowest BCUT2D eigenvalue weighted by atomic mass is 10.1. The first kappa shape index (κ1) is 14.7. The molecular formula is C17H23N3. The number of rotatable bonds is 5. The van der Waals surface area contributed by atoms with Crippen LogP contribution in [-0.4, -0.2) is 16.5 Å².